The molecular weight excluding hydrogens is 310 g/mol. The zero-order valence-electron chi connectivity index (χ0n) is 13.3. The molecule has 1 aromatic heterocycles. The maximum atomic E-state index is 11.7. The first-order valence-corrected chi connectivity index (χ1v) is 7.56. The summed E-state index contributed by atoms with van der Waals surface area (Å²) in [6, 6.07) is 10.7. The summed E-state index contributed by atoms with van der Waals surface area (Å²) in [7, 11) is 0. The predicted octanol–water partition coefficient (Wildman–Crippen LogP) is 1.83. The van der Waals surface area contributed by atoms with Crippen molar-refractivity contribution < 1.29 is 18.7 Å². The van der Waals surface area contributed by atoms with Crippen LogP contribution in [0.2, 0.25) is 0 Å². The van der Waals surface area contributed by atoms with E-state index in [1.165, 1.54) is 12.5 Å². The molecule has 1 heterocycles. The fourth-order valence-electron chi connectivity index (χ4n) is 1.80. The van der Waals surface area contributed by atoms with Crippen molar-refractivity contribution in [2.24, 2.45) is 5.10 Å². The van der Waals surface area contributed by atoms with Crippen molar-refractivity contribution in [1.29, 1.82) is 0 Å². The quantitative estimate of drug-likeness (QED) is 0.460. The molecule has 7 nitrogen and oxygen atoms in total. The van der Waals surface area contributed by atoms with Gasteiger partial charge in [0.1, 0.15) is 11.5 Å². The van der Waals surface area contributed by atoms with Gasteiger partial charge in [-0.3, -0.25) is 9.59 Å². The first-order valence-electron chi connectivity index (χ1n) is 7.56. The summed E-state index contributed by atoms with van der Waals surface area (Å²) in [5, 5.41) is 6.22. The molecule has 2 amide bonds. The largest absolute Gasteiger partial charge is 0.493 e. The average molecular weight is 329 g/mol. The Morgan fingerprint density at radius 1 is 1.21 bits per heavy atom. The van der Waals surface area contributed by atoms with Gasteiger partial charge in [0.2, 0.25) is 0 Å². The third-order valence-electron chi connectivity index (χ3n) is 2.96. The van der Waals surface area contributed by atoms with Crippen LogP contribution in [0.3, 0.4) is 0 Å². The van der Waals surface area contributed by atoms with Crippen molar-refractivity contribution in [3.8, 4) is 5.75 Å². The van der Waals surface area contributed by atoms with Gasteiger partial charge in [-0.25, -0.2) is 5.43 Å². The van der Waals surface area contributed by atoms with Gasteiger partial charge in [0.25, 0.3) is 0 Å². The first-order chi connectivity index (χ1) is 11.7. The number of rotatable bonds is 7. The fraction of sp³-hybridized carbons (Fsp3) is 0.235. The van der Waals surface area contributed by atoms with Gasteiger partial charge in [-0.2, -0.15) is 5.10 Å². The van der Waals surface area contributed by atoms with Crippen molar-refractivity contribution in [3.63, 3.8) is 0 Å². The van der Waals surface area contributed by atoms with Crippen LogP contribution in [-0.2, 0) is 16.1 Å². The standard InChI is InChI=1S/C17H19N3O4/c1-2-9-24-15-8-4-3-6-13(15)11-19-20-17(22)16(21)18-12-14-7-5-10-23-14/h3-8,10-11H,2,9,12H2,1H3,(H,18,21)(H,20,22)/b19-11-. The minimum Gasteiger partial charge on any atom is -0.493 e. The maximum Gasteiger partial charge on any atom is 0.329 e. The van der Waals surface area contributed by atoms with Crippen LogP contribution in [0, 0.1) is 0 Å². The van der Waals surface area contributed by atoms with Gasteiger partial charge in [-0.1, -0.05) is 19.1 Å². The van der Waals surface area contributed by atoms with E-state index in [2.05, 4.69) is 15.8 Å². The predicted molar refractivity (Wildman–Crippen MR) is 88.5 cm³/mol. The molecule has 126 valence electrons. The minimum atomic E-state index is -0.857. The molecule has 2 aromatic rings. The Kier molecular flexibility index (Phi) is 6.58. The average Bonchev–Trinajstić information content (AvgIpc) is 3.12. The van der Waals surface area contributed by atoms with E-state index < -0.39 is 11.8 Å². The summed E-state index contributed by atoms with van der Waals surface area (Å²) >= 11 is 0. The van der Waals surface area contributed by atoms with Crippen molar-refractivity contribution >= 4 is 18.0 Å². The Bertz CT molecular complexity index is 696. The van der Waals surface area contributed by atoms with Crippen LogP contribution >= 0.6 is 0 Å². The summed E-state index contributed by atoms with van der Waals surface area (Å²) in [5.74, 6) is -0.426. The van der Waals surface area contributed by atoms with E-state index >= 15 is 0 Å². The second-order valence-corrected chi connectivity index (χ2v) is 4.85. The molecule has 0 unspecified atom stereocenters. The normalized spacial score (nSPS) is 10.5. The lowest BCUT2D eigenvalue weighted by molar-refractivity contribution is -0.139. The van der Waals surface area contributed by atoms with Crippen molar-refractivity contribution in [2.75, 3.05) is 6.61 Å². The lowest BCUT2D eigenvalue weighted by Gasteiger charge is -2.07. The van der Waals surface area contributed by atoms with Crippen LogP contribution < -0.4 is 15.5 Å². The molecule has 2 N–H and O–H groups in total. The van der Waals surface area contributed by atoms with Gasteiger partial charge in [-0.05, 0) is 30.7 Å². The van der Waals surface area contributed by atoms with E-state index in [4.69, 9.17) is 9.15 Å². The van der Waals surface area contributed by atoms with E-state index in [0.717, 1.165) is 6.42 Å². The highest BCUT2D eigenvalue weighted by Gasteiger charge is 2.12. The number of hydrazone groups is 1. The highest BCUT2D eigenvalue weighted by molar-refractivity contribution is 6.35. The summed E-state index contributed by atoms with van der Waals surface area (Å²) in [5.41, 5.74) is 2.89. The van der Waals surface area contributed by atoms with Crippen LogP contribution in [0.4, 0.5) is 0 Å². The molecule has 0 bridgehead atoms. The number of carbonyl (C=O) groups is 2. The summed E-state index contributed by atoms with van der Waals surface area (Å²) < 4.78 is 10.6. The Labute approximate surface area is 139 Å². The van der Waals surface area contributed by atoms with Crippen LogP contribution in [0.25, 0.3) is 0 Å². The van der Waals surface area contributed by atoms with Crippen LogP contribution in [-0.4, -0.2) is 24.6 Å². The molecule has 0 aliphatic rings. The van der Waals surface area contributed by atoms with E-state index in [1.54, 1.807) is 18.2 Å². The Morgan fingerprint density at radius 3 is 2.79 bits per heavy atom. The molecule has 0 aliphatic carbocycles. The summed E-state index contributed by atoms with van der Waals surface area (Å²) in [6.45, 7) is 2.74. The zero-order valence-corrected chi connectivity index (χ0v) is 13.3. The lowest BCUT2D eigenvalue weighted by atomic mass is 10.2. The molecule has 24 heavy (non-hydrogen) atoms. The van der Waals surface area contributed by atoms with Gasteiger partial charge < -0.3 is 14.5 Å². The smallest absolute Gasteiger partial charge is 0.329 e. The molecule has 0 atom stereocenters. The third-order valence-corrected chi connectivity index (χ3v) is 2.96. The molecule has 0 spiro atoms. The molecule has 0 saturated heterocycles. The SMILES string of the molecule is CCCOc1ccccc1/C=N\NC(=O)C(=O)NCc1ccco1. The van der Waals surface area contributed by atoms with Crippen molar-refractivity contribution in [2.45, 2.75) is 19.9 Å². The topological polar surface area (TPSA) is 92.9 Å². The van der Waals surface area contributed by atoms with E-state index in [0.29, 0.717) is 23.7 Å². The maximum absolute atomic E-state index is 11.7. The highest BCUT2D eigenvalue weighted by atomic mass is 16.5. The summed E-state index contributed by atoms with van der Waals surface area (Å²) in [4.78, 5) is 23.3. The summed E-state index contributed by atoms with van der Waals surface area (Å²) in [6.07, 6.45) is 3.81. The molecule has 0 aliphatic heterocycles. The number of furan rings is 1. The Balaban J connectivity index is 1.84. The molecule has 0 fully saturated rings. The van der Waals surface area contributed by atoms with Crippen LogP contribution in [0.5, 0.6) is 5.75 Å². The van der Waals surface area contributed by atoms with Crippen LogP contribution in [0.15, 0.2) is 52.2 Å². The minimum absolute atomic E-state index is 0.136. The lowest BCUT2D eigenvalue weighted by Crippen LogP contribution is -2.37. The molecule has 0 saturated carbocycles. The molecule has 2 rings (SSSR count). The van der Waals surface area contributed by atoms with E-state index in [1.807, 2.05) is 25.1 Å². The molecule has 0 radical (unpaired) electrons. The second kappa shape index (κ2) is 9.14. The Hall–Kier alpha value is -3.09. The fourth-order valence-corrected chi connectivity index (χ4v) is 1.80. The van der Waals surface area contributed by atoms with Gasteiger partial charge in [0, 0.05) is 5.56 Å². The Morgan fingerprint density at radius 2 is 2.04 bits per heavy atom. The van der Waals surface area contributed by atoms with Gasteiger partial charge in [-0.15, -0.1) is 0 Å². The van der Waals surface area contributed by atoms with E-state index in [-0.39, 0.29) is 6.54 Å². The van der Waals surface area contributed by atoms with Crippen LogP contribution in [0.1, 0.15) is 24.7 Å². The molecule has 1 aromatic carbocycles. The monoisotopic (exact) mass is 329 g/mol. The highest BCUT2D eigenvalue weighted by Crippen LogP contribution is 2.15. The second-order valence-electron chi connectivity index (χ2n) is 4.85. The van der Waals surface area contributed by atoms with Gasteiger partial charge in [0.05, 0.1) is 25.6 Å². The number of nitrogens with one attached hydrogen (secondary N) is 2. The number of hydrogen-bond acceptors (Lipinski definition) is 5. The van der Waals surface area contributed by atoms with Crippen molar-refractivity contribution in [1.82, 2.24) is 10.7 Å². The number of nitrogens with zero attached hydrogens (tertiary/aromatic N) is 1. The number of amides is 2. The number of ether oxygens (including phenoxy) is 1. The molecular formula is C17H19N3O4. The van der Waals surface area contributed by atoms with Gasteiger partial charge >= 0.3 is 11.8 Å². The van der Waals surface area contributed by atoms with Crippen molar-refractivity contribution in [3.05, 3.63) is 54.0 Å². The number of benzene rings is 1. The zero-order chi connectivity index (χ0) is 17.2. The third kappa shape index (κ3) is 5.28. The van der Waals surface area contributed by atoms with E-state index in [9.17, 15) is 9.59 Å². The number of hydrogen-bond donors (Lipinski definition) is 2. The number of carbonyl (C=O) groups excluding carboxylic acids is 2. The first kappa shape index (κ1) is 17.3. The van der Waals surface area contributed by atoms with Gasteiger partial charge in [0.15, 0.2) is 0 Å². The number of para-hydroxylation sites is 1. The molecule has 7 heteroatoms.